The summed E-state index contributed by atoms with van der Waals surface area (Å²) in [6.07, 6.45) is 3.33. The normalized spacial score (nSPS) is 17.6. The van der Waals surface area contributed by atoms with Gasteiger partial charge in [0.1, 0.15) is 0 Å². The summed E-state index contributed by atoms with van der Waals surface area (Å²) >= 11 is 1.30. The van der Waals surface area contributed by atoms with Crippen molar-refractivity contribution in [2.45, 2.75) is 37.1 Å². The number of thiazole rings is 1. The van der Waals surface area contributed by atoms with E-state index >= 15 is 0 Å². The third kappa shape index (κ3) is 3.52. The maximum Gasteiger partial charge on any atom is 0.269 e. The van der Waals surface area contributed by atoms with Crippen LogP contribution in [0.2, 0.25) is 0 Å². The number of rotatable bonds is 5. The summed E-state index contributed by atoms with van der Waals surface area (Å²) in [5, 5.41) is 14.1. The van der Waals surface area contributed by atoms with Gasteiger partial charge in [-0.3, -0.25) is 14.9 Å². The molecule has 0 atom stereocenters. The number of nitrogens with one attached hydrogen (secondary N) is 1. The smallest absolute Gasteiger partial charge is 0.269 e. The van der Waals surface area contributed by atoms with E-state index in [1.807, 2.05) is 0 Å². The predicted octanol–water partition coefficient (Wildman–Crippen LogP) is 2.54. The Labute approximate surface area is 165 Å². The van der Waals surface area contributed by atoms with Gasteiger partial charge < -0.3 is 5.32 Å². The van der Waals surface area contributed by atoms with Crippen LogP contribution in [0.3, 0.4) is 0 Å². The van der Waals surface area contributed by atoms with Gasteiger partial charge in [-0.2, -0.15) is 4.31 Å². The number of nitro groups is 1. The highest BCUT2D eigenvalue weighted by Crippen LogP contribution is 2.33. The van der Waals surface area contributed by atoms with Crippen LogP contribution in [0.1, 0.15) is 29.8 Å². The Morgan fingerprint density at radius 3 is 2.61 bits per heavy atom. The van der Waals surface area contributed by atoms with E-state index in [1.54, 1.807) is 0 Å². The van der Waals surface area contributed by atoms with E-state index in [4.69, 9.17) is 0 Å². The predicted molar refractivity (Wildman–Crippen MR) is 102 cm³/mol. The monoisotopic (exact) mass is 422 g/mol. The Balaban J connectivity index is 1.49. The average Bonchev–Trinajstić information content (AvgIpc) is 3.01. The van der Waals surface area contributed by atoms with Gasteiger partial charge in [-0.05, 0) is 25.0 Å². The summed E-state index contributed by atoms with van der Waals surface area (Å²) in [7, 11) is -3.77. The molecule has 11 heteroatoms. The molecule has 0 radical (unpaired) electrons. The second-order valence-electron chi connectivity index (χ2n) is 6.85. The Hall–Kier alpha value is -2.37. The van der Waals surface area contributed by atoms with Crippen LogP contribution in [0, 0.1) is 16.0 Å². The van der Waals surface area contributed by atoms with Crippen molar-refractivity contribution in [3.05, 3.63) is 45.0 Å². The largest absolute Gasteiger partial charge is 0.302 e. The lowest BCUT2D eigenvalue weighted by Gasteiger charge is -2.25. The number of benzene rings is 1. The Morgan fingerprint density at radius 1 is 1.29 bits per heavy atom. The first-order valence-electron chi connectivity index (χ1n) is 8.88. The molecule has 9 nitrogen and oxygen atoms in total. The van der Waals surface area contributed by atoms with E-state index in [-0.39, 0.29) is 35.5 Å². The fourth-order valence-corrected chi connectivity index (χ4v) is 5.71. The van der Waals surface area contributed by atoms with E-state index < -0.39 is 14.9 Å². The highest BCUT2D eigenvalue weighted by atomic mass is 32.2. The van der Waals surface area contributed by atoms with Gasteiger partial charge in [0.2, 0.25) is 15.9 Å². The van der Waals surface area contributed by atoms with Crippen molar-refractivity contribution in [3.8, 4) is 0 Å². The molecule has 1 aromatic carbocycles. The first kappa shape index (κ1) is 19.0. The van der Waals surface area contributed by atoms with Crippen LogP contribution in [0.5, 0.6) is 0 Å². The summed E-state index contributed by atoms with van der Waals surface area (Å²) in [5.74, 6) is 0.0349. The number of amides is 1. The number of anilines is 1. The maximum atomic E-state index is 12.9. The molecule has 0 unspecified atom stereocenters. The standard InChI is InChI=1S/C17H18N4O5S2/c22-16(11-2-1-3-11)19-17-18-14-8-9-20(10-15(14)27-17)28(25,26)13-6-4-12(5-7-13)21(23)24/h4-7,11H,1-3,8-10H2,(H,18,19,22). The highest BCUT2D eigenvalue weighted by Gasteiger charge is 2.31. The van der Waals surface area contributed by atoms with Gasteiger partial charge in [0.15, 0.2) is 5.13 Å². The number of carbonyl (C=O) groups excluding carboxylic acids is 1. The number of nitrogens with zero attached hydrogens (tertiary/aromatic N) is 3. The van der Waals surface area contributed by atoms with Crippen molar-refractivity contribution in [1.82, 2.24) is 9.29 Å². The van der Waals surface area contributed by atoms with E-state index in [2.05, 4.69) is 10.3 Å². The maximum absolute atomic E-state index is 12.9. The first-order chi connectivity index (χ1) is 13.3. The van der Waals surface area contributed by atoms with Crippen molar-refractivity contribution in [3.63, 3.8) is 0 Å². The number of nitro benzene ring substituents is 1. The van der Waals surface area contributed by atoms with E-state index in [0.29, 0.717) is 11.6 Å². The van der Waals surface area contributed by atoms with E-state index in [0.717, 1.165) is 29.8 Å². The van der Waals surface area contributed by atoms with Gasteiger partial charge in [0.05, 0.1) is 22.1 Å². The zero-order chi connectivity index (χ0) is 19.9. The molecular weight excluding hydrogens is 404 g/mol. The summed E-state index contributed by atoms with van der Waals surface area (Å²) < 4.78 is 27.1. The van der Waals surface area contributed by atoms with Crippen LogP contribution in [0.15, 0.2) is 29.2 Å². The molecule has 1 aromatic heterocycles. The number of non-ortho nitro benzene ring substituents is 1. The molecule has 0 saturated heterocycles. The van der Waals surface area contributed by atoms with Crippen molar-refractivity contribution in [1.29, 1.82) is 0 Å². The summed E-state index contributed by atoms with van der Waals surface area (Å²) in [6, 6.07) is 4.87. The number of sulfonamides is 1. The first-order valence-corrected chi connectivity index (χ1v) is 11.1. The molecule has 148 valence electrons. The summed E-state index contributed by atoms with van der Waals surface area (Å²) in [6.45, 7) is 0.442. The topological polar surface area (TPSA) is 123 Å². The minimum Gasteiger partial charge on any atom is -0.302 e. The van der Waals surface area contributed by atoms with Gasteiger partial charge in [-0.15, -0.1) is 11.3 Å². The van der Waals surface area contributed by atoms with E-state index in [1.165, 1.54) is 39.9 Å². The number of carbonyl (C=O) groups is 1. The average molecular weight is 422 g/mol. The summed E-state index contributed by atoms with van der Waals surface area (Å²) in [5.41, 5.74) is 0.651. The van der Waals surface area contributed by atoms with Gasteiger partial charge in [-0.1, -0.05) is 6.42 Å². The van der Waals surface area contributed by atoms with Crippen LogP contribution in [0.25, 0.3) is 0 Å². The molecule has 28 heavy (non-hydrogen) atoms. The molecule has 2 aromatic rings. The molecule has 1 amide bonds. The number of hydrogen-bond donors (Lipinski definition) is 1. The number of fused-ring (bicyclic) bond motifs is 1. The van der Waals surface area contributed by atoms with Gasteiger partial charge >= 0.3 is 0 Å². The Morgan fingerprint density at radius 2 is 2.00 bits per heavy atom. The van der Waals surface area contributed by atoms with E-state index in [9.17, 15) is 23.3 Å². The SMILES string of the molecule is O=C(Nc1nc2c(s1)CN(S(=O)(=O)c1ccc([N+](=O)[O-])cc1)CC2)C1CCC1. The highest BCUT2D eigenvalue weighted by molar-refractivity contribution is 7.89. The Bertz CT molecular complexity index is 1030. The van der Waals surface area contributed by atoms with Crippen LogP contribution < -0.4 is 5.32 Å². The number of hydrogen-bond acceptors (Lipinski definition) is 7. The van der Waals surface area contributed by atoms with Crippen LogP contribution >= 0.6 is 11.3 Å². The molecule has 1 N–H and O–H groups in total. The van der Waals surface area contributed by atoms with Crippen LogP contribution in [-0.4, -0.2) is 35.1 Å². The molecule has 1 aliphatic carbocycles. The van der Waals surface area contributed by atoms with Crippen molar-refractivity contribution >= 4 is 38.1 Å². The van der Waals surface area contributed by atoms with Crippen LogP contribution in [0.4, 0.5) is 10.8 Å². The van der Waals surface area contributed by atoms with Gasteiger partial charge in [0.25, 0.3) is 5.69 Å². The zero-order valence-corrected chi connectivity index (χ0v) is 16.5. The minimum atomic E-state index is -3.77. The second kappa shape index (κ2) is 7.22. The molecule has 1 fully saturated rings. The Kier molecular flexibility index (Phi) is 4.89. The zero-order valence-electron chi connectivity index (χ0n) is 14.8. The fraction of sp³-hybridized carbons (Fsp3) is 0.412. The molecule has 2 aliphatic rings. The van der Waals surface area contributed by atoms with Crippen LogP contribution in [-0.2, 0) is 27.8 Å². The molecule has 1 aliphatic heterocycles. The lowest BCUT2D eigenvalue weighted by Crippen LogP contribution is -2.35. The van der Waals surface area contributed by atoms with Gasteiger partial charge in [-0.25, -0.2) is 13.4 Å². The van der Waals surface area contributed by atoms with Crippen molar-refractivity contribution in [2.24, 2.45) is 5.92 Å². The fourth-order valence-electron chi connectivity index (χ4n) is 3.20. The summed E-state index contributed by atoms with van der Waals surface area (Å²) in [4.78, 5) is 27.5. The molecule has 2 heterocycles. The molecule has 0 spiro atoms. The molecular formula is C17H18N4O5S2. The number of aromatic nitrogens is 1. The molecule has 4 rings (SSSR count). The minimum absolute atomic E-state index is 0.0181. The van der Waals surface area contributed by atoms with Crippen molar-refractivity contribution < 1.29 is 18.1 Å². The van der Waals surface area contributed by atoms with Crippen molar-refractivity contribution in [2.75, 3.05) is 11.9 Å². The lowest BCUT2D eigenvalue weighted by molar-refractivity contribution is -0.384. The molecule has 0 bridgehead atoms. The quantitative estimate of drug-likeness (QED) is 0.583. The van der Waals surface area contributed by atoms with Gasteiger partial charge in [0, 0.05) is 35.9 Å². The molecule has 1 saturated carbocycles. The third-order valence-electron chi connectivity index (χ3n) is 5.09. The second-order valence-corrected chi connectivity index (χ2v) is 9.87. The lowest BCUT2D eigenvalue weighted by atomic mass is 9.85. The third-order valence-corrected chi connectivity index (χ3v) is 7.94.